The smallest absolute Gasteiger partial charge is 0.161 e. The third kappa shape index (κ3) is 3.33. The third-order valence-corrected chi connectivity index (χ3v) is 2.72. The number of halogens is 1. The van der Waals surface area contributed by atoms with Crippen LogP contribution in [0.25, 0.3) is 0 Å². The molecular weight excluding hydrogens is 221 g/mol. The van der Waals surface area contributed by atoms with E-state index in [9.17, 15) is 4.39 Å². The molecule has 2 N–H and O–H groups in total. The van der Waals surface area contributed by atoms with Crippen LogP contribution in [0.2, 0.25) is 0 Å². The van der Waals surface area contributed by atoms with E-state index in [-0.39, 0.29) is 0 Å². The summed E-state index contributed by atoms with van der Waals surface area (Å²) in [6.07, 6.45) is 0.554. The number of methoxy groups -OCH3 is 2. The third-order valence-electron chi connectivity index (χ3n) is 2.72. The minimum atomic E-state index is -1.03. The first-order valence-electron chi connectivity index (χ1n) is 5.73. The monoisotopic (exact) mass is 241 g/mol. The van der Waals surface area contributed by atoms with E-state index < -0.39 is 6.17 Å². The largest absolute Gasteiger partial charge is 0.493 e. The van der Waals surface area contributed by atoms with E-state index in [2.05, 4.69) is 0 Å². The highest BCUT2D eigenvalue weighted by molar-refractivity contribution is 5.48. The number of nitrogens with two attached hydrogens (primary N) is 1. The van der Waals surface area contributed by atoms with Crippen LogP contribution < -0.4 is 15.2 Å². The highest BCUT2D eigenvalue weighted by Crippen LogP contribution is 2.34. The van der Waals surface area contributed by atoms with Crippen LogP contribution in [-0.2, 0) is 6.42 Å². The highest BCUT2D eigenvalue weighted by atomic mass is 19.1. The second-order valence-electron chi connectivity index (χ2n) is 3.91. The molecule has 4 heteroatoms. The predicted octanol–water partition coefficient (Wildman–Crippen LogP) is 2.63. The zero-order valence-electron chi connectivity index (χ0n) is 10.6. The van der Waals surface area contributed by atoms with E-state index in [0.717, 1.165) is 18.4 Å². The van der Waals surface area contributed by atoms with Crippen LogP contribution in [0.3, 0.4) is 0 Å². The van der Waals surface area contributed by atoms with E-state index in [0.29, 0.717) is 23.6 Å². The molecule has 1 aromatic rings. The molecule has 96 valence electrons. The van der Waals surface area contributed by atoms with E-state index in [1.807, 2.05) is 6.07 Å². The molecule has 0 spiro atoms. The van der Waals surface area contributed by atoms with Gasteiger partial charge in [0.1, 0.15) is 6.17 Å². The van der Waals surface area contributed by atoms with Crippen LogP contribution in [0.1, 0.15) is 30.6 Å². The normalized spacial score (nSPS) is 12.3. The van der Waals surface area contributed by atoms with Gasteiger partial charge in [-0.05, 0) is 49.6 Å². The summed E-state index contributed by atoms with van der Waals surface area (Å²) in [6, 6.07) is 3.54. The Kier molecular flexibility index (Phi) is 5.22. The standard InChI is InChI=1S/C13H20FNO2/c1-9(14)11-8-13(17-3)12(16-2)7-10(11)5-4-6-15/h7-9H,4-6,15H2,1-3H3. The van der Waals surface area contributed by atoms with Crippen molar-refractivity contribution in [2.45, 2.75) is 25.9 Å². The summed E-state index contributed by atoms with van der Waals surface area (Å²) in [5.41, 5.74) is 7.06. The molecular formula is C13H20FNO2. The molecule has 1 atom stereocenters. The summed E-state index contributed by atoms with van der Waals surface area (Å²) in [5, 5.41) is 0. The molecule has 1 rings (SSSR count). The maximum absolute atomic E-state index is 13.5. The Morgan fingerprint density at radius 3 is 2.29 bits per heavy atom. The van der Waals surface area contributed by atoms with Gasteiger partial charge in [0.15, 0.2) is 11.5 Å². The second-order valence-corrected chi connectivity index (χ2v) is 3.91. The van der Waals surface area contributed by atoms with Gasteiger partial charge in [-0.15, -0.1) is 0 Å². The molecule has 3 nitrogen and oxygen atoms in total. The lowest BCUT2D eigenvalue weighted by molar-refractivity contribution is 0.345. The number of hydrogen-bond donors (Lipinski definition) is 1. The van der Waals surface area contributed by atoms with Crippen molar-refractivity contribution in [3.8, 4) is 11.5 Å². The molecule has 1 unspecified atom stereocenters. The van der Waals surface area contributed by atoms with Crippen molar-refractivity contribution >= 4 is 0 Å². The van der Waals surface area contributed by atoms with Crippen molar-refractivity contribution in [3.05, 3.63) is 23.3 Å². The van der Waals surface area contributed by atoms with Crippen LogP contribution in [0.15, 0.2) is 12.1 Å². The molecule has 0 heterocycles. The van der Waals surface area contributed by atoms with E-state index in [1.165, 1.54) is 6.92 Å². The molecule has 0 aliphatic rings. The molecule has 0 aliphatic heterocycles. The fourth-order valence-corrected chi connectivity index (χ4v) is 1.82. The molecule has 0 saturated heterocycles. The molecule has 0 aliphatic carbocycles. The molecule has 0 bridgehead atoms. The topological polar surface area (TPSA) is 44.5 Å². The Labute approximate surface area is 102 Å². The van der Waals surface area contributed by atoms with Gasteiger partial charge in [0, 0.05) is 0 Å². The van der Waals surface area contributed by atoms with E-state index >= 15 is 0 Å². The number of hydrogen-bond acceptors (Lipinski definition) is 3. The lowest BCUT2D eigenvalue weighted by atomic mass is 9.99. The van der Waals surface area contributed by atoms with Gasteiger partial charge < -0.3 is 15.2 Å². The summed E-state index contributed by atoms with van der Waals surface area (Å²) in [4.78, 5) is 0. The number of ether oxygens (including phenoxy) is 2. The van der Waals surface area contributed by atoms with Gasteiger partial charge in [-0.25, -0.2) is 4.39 Å². The summed E-state index contributed by atoms with van der Waals surface area (Å²) in [7, 11) is 3.12. The van der Waals surface area contributed by atoms with Crippen molar-refractivity contribution in [3.63, 3.8) is 0 Å². The van der Waals surface area contributed by atoms with Gasteiger partial charge in [-0.1, -0.05) is 0 Å². The molecule has 0 saturated carbocycles. The van der Waals surface area contributed by atoms with E-state index in [4.69, 9.17) is 15.2 Å². The minimum Gasteiger partial charge on any atom is -0.493 e. The van der Waals surface area contributed by atoms with Gasteiger partial charge in [0.05, 0.1) is 14.2 Å². The summed E-state index contributed by atoms with van der Waals surface area (Å²) >= 11 is 0. The zero-order valence-corrected chi connectivity index (χ0v) is 10.6. The molecule has 17 heavy (non-hydrogen) atoms. The van der Waals surface area contributed by atoms with Gasteiger partial charge in [-0.2, -0.15) is 0 Å². The van der Waals surface area contributed by atoms with E-state index in [1.54, 1.807) is 20.3 Å². The highest BCUT2D eigenvalue weighted by Gasteiger charge is 2.15. The fourth-order valence-electron chi connectivity index (χ4n) is 1.82. The Morgan fingerprint density at radius 1 is 1.24 bits per heavy atom. The number of alkyl halides is 1. The SMILES string of the molecule is COc1cc(CCCN)c(C(C)F)cc1OC. The fraction of sp³-hybridized carbons (Fsp3) is 0.538. The molecule has 0 amide bonds. The Hall–Kier alpha value is -1.29. The predicted molar refractivity (Wildman–Crippen MR) is 66.4 cm³/mol. The van der Waals surface area contributed by atoms with Crippen molar-refractivity contribution < 1.29 is 13.9 Å². The molecule has 1 aromatic carbocycles. The first kappa shape index (κ1) is 13.8. The zero-order chi connectivity index (χ0) is 12.8. The minimum absolute atomic E-state index is 0.559. The Bertz CT molecular complexity index is 367. The lowest BCUT2D eigenvalue weighted by Crippen LogP contribution is -2.04. The first-order chi connectivity index (χ1) is 8.13. The maximum Gasteiger partial charge on any atom is 0.161 e. The summed E-state index contributed by atoms with van der Waals surface area (Å²) in [6.45, 7) is 2.11. The summed E-state index contributed by atoms with van der Waals surface area (Å²) < 4.78 is 23.9. The van der Waals surface area contributed by atoms with Crippen molar-refractivity contribution in [2.75, 3.05) is 20.8 Å². The molecule has 0 radical (unpaired) electrons. The number of rotatable bonds is 6. The van der Waals surface area contributed by atoms with Gasteiger partial charge >= 0.3 is 0 Å². The van der Waals surface area contributed by atoms with Crippen LogP contribution in [-0.4, -0.2) is 20.8 Å². The van der Waals surface area contributed by atoms with Crippen LogP contribution in [0.5, 0.6) is 11.5 Å². The molecule has 0 fully saturated rings. The van der Waals surface area contributed by atoms with Crippen LogP contribution >= 0.6 is 0 Å². The number of aryl methyl sites for hydroxylation is 1. The van der Waals surface area contributed by atoms with Gasteiger partial charge in [-0.3, -0.25) is 0 Å². The van der Waals surface area contributed by atoms with Crippen molar-refractivity contribution in [1.29, 1.82) is 0 Å². The van der Waals surface area contributed by atoms with Gasteiger partial charge in [0.2, 0.25) is 0 Å². The first-order valence-corrected chi connectivity index (χ1v) is 5.73. The average molecular weight is 241 g/mol. The Morgan fingerprint density at radius 2 is 1.82 bits per heavy atom. The van der Waals surface area contributed by atoms with Crippen LogP contribution in [0, 0.1) is 0 Å². The Balaban J connectivity index is 3.15. The lowest BCUT2D eigenvalue weighted by Gasteiger charge is -2.15. The molecule has 0 aromatic heterocycles. The quantitative estimate of drug-likeness (QED) is 0.832. The van der Waals surface area contributed by atoms with Crippen LogP contribution in [0.4, 0.5) is 4.39 Å². The summed E-state index contributed by atoms with van der Waals surface area (Å²) in [5.74, 6) is 1.19. The van der Waals surface area contributed by atoms with Crippen molar-refractivity contribution in [2.24, 2.45) is 5.73 Å². The van der Waals surface area contributed by atoms with Crippen molar-refractivity contribution in [1.82, 2.24) is 0 Å². The average Bonchev–Trinajstić information content (AvgIpc) is 2.34. The number of benzene rings is 1. The second kappa shape index (κ2) is 6.45. The maximum atomic E-state index is 13.5. The van der Waals surface area contributed by atoms with Gasteiger partial charge in [0.25, 0.3) is 0 Å².